The number of aryl methyl sites for hydroxylation is 1. The molecule has 2 atom stereocenters. The lowest BCUT2D eigenvalue weighted by molar-refractivity contribution is 0.0264. The molecule has 0 amide bonds. The van der Waals surface area contributed by atoms with Crippen LogP contribution in [-0.4, -0.2) is 72.0 Å². The first-order chi connectivity index (χ1) is 12.8. The lowest BCUT2D eigenvalue weighted by atomic mass is 9.96. The van der Waals surface area contributed by atoms with E-state index in [1.54, 1.807) is 0 Å². The van der Waals surface area contributed by atoms with Gasteiger partial charge in [0.15, 0.2) is 0 Å². The molecular formula is C21H31N3O2. The van der Waals surface area contributed by atoms with Gasteiger partial charge in [-0.25, -0.2) is 0 Å². The zero-order valence-electron chi connectivity index (χ0n) is 15.8. The highest BCUT2D eigenvalue weighted by Gasteiger charge is 2.33. The van der Waals surface area contributed by atoms with Crippen LogP contribution in [0.25, 0.3) is 10.9 Å². The van der Waals surface area contributed by atoms with Crippen molar-refractivity contribution in [1.29, 1.82) is 0 Å². The van der Waals surface area contributed by atoms with E-state index in [-0.39, 0.29) is 0 Å². The fourth-order valence-corrected chi connectivity index (χ4v) is 4.64. The molecule has 5 heteroatoms. The van der Waals surface area contributed by atoms with E-state index in [0.29, 0.717) is 18.4 Å². The van der Waals surface area contributed by atoms with Crippen LogP contribution in [0.4, 0.5) is 0 Å². The number of aliphatic hydroxyl groups is 1. The van der Waals surface area contributed by atoms with E-state index in [1.165, 1.54) is 16.5 Å². The first-order valence-electron chi connectivity index (χ1n) is 9.98. The van der Waals surface area contributed by atoms with Crippen molar-refractivity contribution in [2.75, 3.05) is 52.5 Å². The van der Waals surface area contributed by atoms with Crippen LogP contribution in [0, 0.1) is 11.8 Å². The van der Waals surface area contributed by atoms with Gasteiger partial charge in [0, 0.05) is 69.5 Å². The zero-order chi connectivity index (χ0) is 17.9. The van der Waals surface area contributed by atoms with E-state index in [9.17, 15) is 5.11 Å². The molecule has 0 radical (unpaired) electrons. The average molecular weight is 357 g/mol. The number of aliphatic hydroxyl groups excluding tert-OH is 1. The van der Waals surface area contributed by atoms with Crippen LogP contribution in [-0.2, 0) is 17.8 Å². The van der Waals surface area contributed by atoms with E-state index >= 15 is 0 Å². The number of morpholine rings is 1. The summed E-state index contributed by atoms with van der Waals surface area (Å²) in [6.45, 7) is 11.4. The summed E-state index contributed by atoms with van der Waals surface area (Å²) in [6.07, 6.45) is 2.19. The highest BCUT2D eigenvalue weighted by Crippen LogP contribution is 2.28. The topological polar surface area (TPSA) is 40.9 Å². The first kappa shape index (κ1) is 18.0. The molecule has 0 unspecified atom stereocenters. The molecule has 0 bridgehead atoms. The summed E-state index contributed by atoms with van der Waals surface area (Å²) in [5.74, 6) is 0.940. The first-order valence-corrected chi connectivity index (χ1v) is 9.98. The quantitative estimate of drug-likeness (QED) is 0.859. The fraction of sp³-hybridized carbons (Fsp3) is 0.619. The second-order valence-electron chi connectivity index (χ2n) is 7.76. The largest absolute Gasteiger partial charge is 0.396 e. The average Bonchev–Trinajstić information content (AvgIpc) is 3.26. The van der Waals surface area contributed by atoms with Gasteiger partial charge >= 0.3 is 0 Å². The van der Waals surface area contributed by atoms with Crippen LogP contribution in [0.15, 0.2) is 30.5 Å². The maximum atomic E-state index is 9.88. The third kappa shape index (κ3) is 3.67. The number of hydrogen-bond acceptors (Lipinski definition) is 4. The summed E-state index contributed by atoms with van der Waals surface area (Å²) in [4.78, 5) is 5.03. The lowest BCUT2D eigenvalue weighted by Gasteiger charge is -2.30. The van der Waals surface area contributed by atoms with Gasteiger partial charge in [-0.05, 0) is 36.5 Å². The van der Waals surface area contributed by atoms with Crippen LogP contribution in [0.3, 0.4) is 0 Å². The molecule has 26 heavy (non-hydrogen) atoms. The van der Waals surface area contributed by atoms with Gasteiger partial charge in [-0.3, -0.25) is 9.80 Å². The minimum absolute atomic E-state index is 0.294. The van der Waals surface area contributed by atoms with Crippen molar-refractivity contribution in [3.63, 3.8) is 0 Å². The zero-order valence-corrected chi connectivity index (χ0v) is 15.8. The van der Waals surface area contributed by atoms with Crippen molar-refractivity contribution in [2.45, 2.75) is 20.0 Å². The van der Waals surface area contributed by atoms with Gasteiger partial charge in [0.05, 0.1) is 13.2 Å². The predicted octanol–water partition coefficient (Wildman–Crippen LogP) is 2.03. The lowest BCUT2D eigenvalue weighted by Crippen LogP contribution is -2.41. The second kappa shape index (κ2) is 8.09. The molecule has 0 spiro atoms. The highest BCUT2D eigenvalue weighted by molar-refractivity contribution is 5.83. The molecule has 1 aromatic carbocycles. The number of ether oxygens (including phenoxy) is 1. The van der Waals surface area contributed by atoms with Crippen LogP contribution in [0.5, 0.6) is 0 Å². The summed E-state index contributed by atoms with van der Waals surface area (Å²) in [5, 5.41) is 11.3. The molecule has 2 aliphatic heterocycles. The van der Waals surface area contributed by atoms with Gasteiger partial charge in [0.2, 0.25) is 0 Å². The molecule has 2 fully saturated rings. The number of aromatic nitrogens is 1. The van der Waals surface area contributed by atoms with Gasteiger partial charge in [-0.15, -0.1) is 0 Å². The Labute approximate surface area is 156 Å². The molecule has 4 rings (SSSR count). The summed E-state index contributed by atoms with van der Waals surface area (Å²) < 4.78 is 7.77. The molecular weight excluding hydrogens is 326 g/mol. The number of nitrogens with zero attached hydrogens (tertiary/aromatic N) is 3. The number of fused-ring (bicyclic) bond motifs is 1. The van der Waals surface area contributed by atoms with E-state index in [4.69, 9.17) is 4.74 Å². The van der Waals surface area contributed by atoms with E-state index in [0.717, 1.165) is 59.0 Å². The van der Waals surface area contributed by atoms with E-state index < -0.39 is 0 Å². The SMILES string of the molecule is CCn1ccc2c(CN3C[C@@H](CN4CCOCC4)[C@@H](CO)C3)cccc21. The summed E-state index contributed by atoms with van der Waals surface area (Å²) in [6, 6.07) is 8.89. The maximum Gasteiger partial charge on any atom is 0.0594 e. The Kier molecular flexibility index (Phi) is 5.60. The summed E-state index contributed by atoms with van der Waals surface area (Å²) in [7, 11) is 0. The molecule has 2 saturated heterocycles. The number of rotatable bonds is 6. The Morgan fingerprint density at radius 1 is 1.08 bits per heavy atom. The summed E-state index contributed by atoms with van der Waals surface area (Å²) >= 11 is 0. The van der Waals surface area contributed by atoms with Crippen LogP contribution in [0.1, 0.15) is 12.5 Å². The molecule has 142 valence electrons. The normalized spacial score (nSPS) is 25.3. The van der Waals surface area contributed by atoms with E-state index in [2.05, 4.69) is 51.8 Å². The molecule has 3 heterocycles. The minimum atomic E-state index is 0.294. The van der Waals surface area contributed by atoms with Gasteiger partial charge < -0.3 is 14.4 Å². The molecule has 2 aromatic rings. The van der Waals surface area contributed by atoms with Crippen molar-refractivity contribution in [3.8, 4) is 0 Å². The van der Waals surface area contributed by atoms with E-state index in [1.807, 2.05) is 0 Å². The van der Waals surface area contributed by atoms with Gasteiger partial charge in [-0.2, -0.15) is 0 Å². The van der Waals surface area contributed by atoms with Crippen LogP contribution >= 0.6 is 0 Å². The van der Waals surface area contributed by atoms with Crippen molar-refractivity contribution >= 4 is 10.9 Å². The van der Waals surface area contributed by atoms with Crippen molar-refractivity contribution in [3.05, 3.63) is 36.0 Å². The molecule has 1 aromatic heterocycles. The Balaban J connectivity index is 1.44. The van der Waals surface area contributed by atoms with Gasteiger partial charge in [0.25, 0.3) is 0 Å². The third-order valence-corrected chi connectivity index (χ3v) is 6.12. The molecule has 0 aliphatic carbocycles. The minimum Gasteiger partial charge on any atom is -0.396 e. The molecule has 2 aliphatic rings. The predicted molar refractivity (Wildman–Crippen MR) is 104 cm³/mol. The number of benzene rings is 1. The molecule has 0 saturated carbocycles. The third-order valence-electron chi connectivity index (χ3n) is 6.12. The van der Waals surface area contributed by atoms with Crippen LogP contribution < -0.4 is 0 Å². The molecule has 1 N–H and O–H groups in total. The Hall–Kier alpha value is -1.40. The maximum absolute atomic E-state index is 9.88. The number of likely N-dealkylation sites (tertiary alicyclic amines) is 1. The van der Waals surface area contributed by atoms with Crippen molar-refractivity contribution in [1.82, 2.24) is 14.4 Å². The Morgan fingerprint density at radius 2 is 1.88 bits per heavy atom. The van der Waals surface area contributed by atoms with Gasteiger partial charge in [-0.1, -0.05) is 12.1 Å². The Bertz CT molecular complexity index is 723. The van der Waals surface area contributed by atoms with Crippen molar-refractivity contribution < 1.29 is 9.84 Å². The van der Waals surface area contributed by atoms with Crippen molar-refractivity contribution in [2.24, 2.45) is 11.8 Å². The number of hydrogen-bond donors (Lipinski definition) is 1. The molecule has 5 nitrogen and oxygen atoms in total. The smallest absolute Gasteiger partial charge is 0.0594 e. The summed E-state index contributed by atoms with van der Waals surface area (Å²) in [5.41, 5.74) is 2.73. The second-order valence-corrected chi connectivity index (χ2v) is 7.76. The highest BCUT2D eigenvalue weighted by atomic mass is 16.5. The standard InChI is InChI=1S/C21H31N3O2/c1-2-24-7-6-20-17(4-3-5-21(20)24)12-23-14-18(19(15-23)16-25)13-22-8-10-26-11-9-22/h3-7,18-19,25H,2,8-16H2,1H3/t18-,19-/m1/s1. The fourth-order valence-electron chi connectivity index (χ4n) is 4.64. The Morgan fingerprint density at radius 3 is 2.65 bits per heavy atom. The van der Waals surface area contributed by atoms with Crippen LogP contribution in [0.2, 0.25) is 0 Å². The van der Waals surface area contributed by atoms with Gasteiger partial charge in [0.1, 0.15) is 0 Å². The monoisotopic (exact) mass is 357 g/mol.